The summed E-state index contributed by atoms with van der Waals surface area (Å²) in [6, 6.07) is 29.7. The normalized spacial score (nSPS) is 11.9. The largest absolute Gasteiger partial charge is 0.478 e. The monoisotopic (exact) mass is 527 g/mol. The smallest absolute Gasteiger partial charge is 0.335 e. The maximum atomic E-state index is 13.8. The molecule has 3 aromatic carbocycles. The summed E-state index contributed by atoms with van der Waals surface area (Å²) in [5.41, 5.74) is 5.63. The van der Waals surface area contributed by atoms with Crippen LogP contribution in [0.1, 0.15) is 50.8 Å². The first-order chi connectivity index (χ1) is 19.5. The van der Waals surface area contributed by atoms with E-state index >= 15 is 0 Å². The molecule has 40 heavy (non-hydrogen) atoms. The molecule has 0 bridgehead atoms. The first kappa shape index (κ1) is 24.9. The molecule has 0 aliphatic carbocycles. The number of nitrogens with one attached hydrogen (secondary N) is 1. The highest BCUT2D eigenvalue weighted by atomic mass is 16.4. The maximum absolute atomic E-state index is 13.8. The Morgan fingerprint density at radius 2 is 1.62 bits per heavy atom. The number of benzene rings is 3. The Morgan fingerprint density at radius 1 is 0.875 bits per heavy atom. The first-order valence-electron chi connectivity index (χ1n) is 12.9. The van der Waals surface area contributed by atoms with Gasteiger partial charge in [-0.15, -0.1) is 10.2 Å². The molecule has 0 saturated carbocycles. The highest BCUT2D eigenvalue weighted by Gasteiger charge is 2.20. The van der Waals surface area contributed by atoms with Crippen molar-refractivity contribution in [2.45, 2.75) is 19.4 Å². The Labute approximate surface area is 230 Å². The number of pyridine rings is 2. The van der Waals surface area contributed by atoms with Gasteiger partial charge in [0, 0.05) is 18.0 Å². The van der Waals surface area contributed by atoms with Crippen LogP contribution in [0.3, 0.4) is 0 Å². The molecule has 0 radical (unpaired) electrons. The fourth-order valence-corrected chi connectivity index (χ4v) is 4.82. The molecule has 2 N–H and O–H groups in total. The van der Waals surface area contributed by atoms with Crippen LogP contribution in [-0.4, -0.2) is 36.6 Å². The lowest BCUT2D eigenvalue weighted by Crippen LogP contribution is -2.28. The molecule has 0 fully saturated rings. The van der Waals surface area contributed by atoms with E-state index in [-0.39, 0.29) is 17.5 Å². The van der Waals surface area contributed by atoms with E-state index in [2.05, 4.69) is 26.6 Å². The third-order valence-corrected chi connectivity index (χ3v) is 6.93. The quantitative estimate of drug-likeness (QED) is 0.275. The van der Waals surface area contributed by atoms with Gasteiger partial charge in [0.25, 0.3) is 5.91 Å². The van der Waals surface area contributed by atoms with E-state index in [1.807, 2.05) is 79.9 Å². The summed E-state index contributed by atoms with van der Waals surface area (Å²) in [5.74, 6) is -0.671. The van der Waals surface area contributed by atoms with Crippen LogP contribution in [0.5, 0.6) is 0 Å². The van der Waals surface area contributed by atoms with Crippen LogP contribution in [-0.2, 0) is 6.42 Å². The van der Waals surface area contributed by atoms with Crippen molar-refractivity contribution in [1.29, 1.82) is 0 Å². The van der Waals surface area contributed by atoms with Gasteiger partial charge < -0.3 is 10.4 Å². The minimum absolute atomic E-state index is 0.192. The van der Waals surface area contributed by atoms with E-state index in [4.69, 9.17) is 0 Å². The van der Waals surface area contributed by atoms with E-state index in [1.165, 1.54) is 12.1 Å². The number of hydrogen-bond acceptors (Lipinski definition) is 5. The number of rotatable bonds is 7. The fraction of sp³-hybridized carbons (Fsp3) is 0.0938. The lowest BCUT2D eigenvalue weighted by atomic mass is 10.0. The molecule has 0 unspecified atom stereocenters. The topological polar surface area (TPSA) is 109 Å². The summed E-state index contributed by atoms with van der Waals surface area (Å²) in [7, 11) is 0. The van der Waals surface area contributed by atoms with E-state index < -0.39 is 5.97 Å². The standard InChI is InChI=1S/C32H25N5O3/c1-20(22-11-13-24(14-12-22)32(39)40)34-31(38)28-17-26(23-7-3-2-4-8-23)18-30-36-35-29(37(28)30)16-21-15-25-9-5-6-10-27(25)33-19-21/h2-15,17-20H,16H2,1H3,(H,34,38)(H,39,40)/t20-/m0/s1. The second-order valence-electron chi connectivity index (χ2n) is 9.64. The number of fused-ring (bicyclic) bond motifs is 2. The number of hydrogen-bond donors (Lipinski definition) is 2. The Hall–Kier alpha value is -5.37. The second kappa shape index (κ2) is 10.4. The summed E-state index contributed by atoms with van der Waals surface area (Å²) in [6.07, 6.45) is 2.26. The van der Waals surface area contributed by atoms with Gasteiger partial charge in [-0.05, 0) is 65.6 Å². The van der Waals surface area contributed by atoms with E-state index in [0.717, 1.165) is 33.2 Å². The molecule has 0 aliphatic heterocycles. The first-order valence-corrected chi connectivity index (χ1v) is 12.9. The van der Waals surface area contributed by atoms with Gasteiger partial charge in [-0.3, -0.25) is 14.2 Å². The van der Waals surface area contributed by atoms with Gasteiger partial charge in [-0.2, -0.15) is 0 Å². The maximum Gasteiger partial charge on any atom is 0.335 e. The minimum atomic E-state index is -0.995. The van der Waals surface area contributed by atoms with E-state index in [1.54, 1.807) is 16.5 Å². The fourth-order valence-electron chi connectivity index (χ4n) is 4.82. The van der Waals surface area contributed by atoms with Gasteiger partial charge in [0.05, 0.1) is 17.1 Å². The molecular formula is C32H25N5O3. The molecule has 1 atom stereocenters. The number of nitrogens with zero attached hydrogens (tertiary/aromatic N) is 4. The minimum Gasteiger partial charge on any atom is -0.478 e. The Balaban J connectivity index is 1.39. The van der Waals surface area contributed by atoms with Crippen LogP contribution < -0.4 is 5.32 Å². The van der Waals surface area contributed by atoms with E-state index in [9.17, 15) is 14.7 Å². The number of aromatic nitrogens is 4. The van der Waals surface area contributed by atoms with Crippen molar-refractivity contribution < 1.29 is 14.7 Å². The van der Waals surface area contributed by atoms with Crippen molar-refractivity contribution in [3.05, 3.63) is 131 Å². The van der Waals surface area contributed by atoms with Gasteiger partial charge in [-0.1, -0.05) is 60.7 Å². The molecule has 8 nitrogen and oxygen atoms in total. The van der Waals surface area contributed by atoms with E-state index in [0.29, 0.717) is 23.6 Å². The van der Waals surface area contributed by atoms with Gasteiger partial charge in [0.15, 0.2) is 5.65 Å². The average Bonchev–Trinajstić information content (AvgIpc) is 3.39. The summed E-state index contributed by atoms with van der Waals surface area (Å²) < 4.78 is 1.79. The van der Waals surface area contributed by atoms with Gasteiger partial charge >= 0.3 is 5.97 Å². The number of amides is 1. The molecular weight excluding hydrogens is 502 g/mol. The van der Waals surface area contributed by atoms with Crippen molar-refractivity contribution in [2.24, 2.45) is 0 Å². The molecule has 0 spiro atoms. The highest BCUT2D eigenvalue weighted by molar-refractivity contribution is 5.95. The van der Waals surface area contributed by atoms with Crippen molar-refractivity contribution in [3.63, 3.8) is 0 Å². The zero-order valence-electron chi connectivity index (χ0n) is 21.7. The number of para-hydroxylation sites is 1. The van der Waals surface area contributed by atoms with Crippen LogP contribution in [0.4, 0.5) is 0 Å². The molecule has 8 heteroatoms. The molecule has 6 rings (SSSR count). The van der Waals surface area contributed by atoms with Crippen molar-refractivity contribution in [1.82, 2.24) is 24.9 Å². The Kier molecular flexibility index (Phi) is 6.49. The Bertz CT molecular complexity index is 1860. The predicted octanol–water partition coefficient (Wildman–Crippen LogP) is 5.72. The number of carbonyl (C=O) groups is 2. The zero-order valence-corrected chi connectivity index (χ0v) is 21.7. The van der Waals surface area contributed by atoms with Crippen molar-refractivity contribution in [2.75, 3.05) is 0 Å². The average molecular weight is 528 g/mol. The molecule has 3 heterocycles. The third kappa shape index (κ3) is 4.90. The zero-order chi connectivity index (χ0) is 27.6. The Morgan fingerprint density at radius 3 is 2.40 bits per heavy atom. The predicted molar refractivity (Wildman–Crippen MR) is 152 cm³/mol. The number of carbonyl (C=O) groups excluding carboxylic acids is 1. The SMILES string of the molecule is C[C@H](NC(=O)c1cc(-c2ccccc2)cc2nnc(Cc3cnc4ccccc4c3)n12)c1ccc(C(=O)O)cc1. The third-order valence-electron chi connectivity index (χ3n) is 6.93. The summed E-state index contributed by atoms with van der Waals surface area (Å²) in [4.78, 5) is 29.6. The van der Waals surface area contributed by atoms with Crippen LogP contribution in [0.15, 0.2) is 103 Å². The van der Waals surface area contributed by atoms with Crippen LogP contribution >= 0.6 is 0 Å². The van der Waals surface area contributed by atoms with Gasteiger partial charge in [-0.25, -0.2) is 4.79 Å². The number of carboxylic acids is 1. The molecule has 0 aliphatic rings. The lowest BCUT2D eigenvalue weighted by Gasteiger charge is -2.17. The molecule has 0 saturated heterocycles. The van der Waals surface area contributed by atoms with Crippen LogP contribution in [0.25, 0.3) is 27.7 Å². The number of carboxylic acid groups (broad SMARTS) is 1. The molecule has 196 valence electrons. The second-order valence-corrected chi connectivity index (χ2v) is 9.64. The lowest BCUT2D eigenvalue weighted by molar-refractivity contribution is 0.0696. The summed E-state index contributed by atoms with van der Waals surface area (Å²) in [5, 5.41) is 22.2. The number of aromatic carboxylic acids is 1. The molecule has 1 amide bonds. The van der Waals surface area contributed by atoms with Gasteiger partial charge in [0.1, 0.15) is 11.5 Å². The molecule has 3 aromatic heterocycles. The molecule has 6 aromatic rings. The highest BCUT2D eigenvalue weighted by Crippen LogP contribution is 2.25. The van der Waals surface area contributed by atoms with Crippen LogP contribution in [0, 0.1) is 0 Å². The summed E-state index contributed by atoms with van der Waals surface area (Å²) >= 11 is 0. The summed E-state index contributed by atoms with van der Waals surface area (Å²) in [6.45, 7) is 1.86. The van der Waals surface area contributed by atoms with Crippen molar-refractivity contribution in [3.8, 4) is 11.1 Å². The van der Waals surface area contributed by atoms with Crippen LogP contribution in [0.2, 0.25) is 0 Å². The van der Waals surface area contributed by atoms with Crippen molar-refractivity contribution >= 4 is 28.4 Å². The van der Waals surface area contributed by atoms with Gasteiger partial charge in [0.2, 0.25) is 0 Å².